The van der Waals surface area contributed by atoms with Gasteiger partial charge in [-0.05, 0) is 37.3 Å². The zero-order valence-corrected chi connectivity index (χ0v) is 16.7. The minimum atomic E-state index is -4.02. The van der Waals surface area contributed by atoms with E-state index in [1.165, 1.54) is 30.2 Å². The molecule has 2 aromatic carbocycles. The number of carbonyl (C=O) groups excluding carboxylic acids is 2. The monoisotopic (exact) mass is 419 g/mol. The van der Waals surface area contributed by atoms with Crippen LogP contribution in [-0.2, 0) is 19.6 Å². The largest absolute Gasteiger partial charge is 0.495 e. The molecule has 2 aromatic rings. The van der Waals surface area contributed by atoms with Crippen molar-refractivity contribution in [1.29, 1.82) is 0 Å². The summed E-state index contributed by atoms with van der Waals surface area (Å²) in [5.74, 6) is 0.0281. The van der Waals surface area contributed by atoms with Crippen LogP contribution in [0, 0.1) is 0 Å². The molecule has 1 atom stereocenters. The molecule has 1 aliphatic heterocycles. The second kappa shape index (κ2) is 8.10. The van der Waals surface area contributed by atoms with E-state index >= 15 is 0 Å². The number of nitrogens with zero attached hydrogens (tertiary/aromatic N) is 1. The number of methoxy groups -OCH3 is 1. The van der Waals surface area contributed by atoms with Gasteiger partial charge in [0.15, 0.2) is 6.10 Å². The average Bonchev–Trinajstić information content (AvgIpc) is 2.67. The highest BCUT2D eigenvalue weighted by Crippen LogP contribution is 2.33. The SMILES string of the molecule is COc1ccc(NC(=O)CCN2C(=O)C(C)Oc3ccccc32)cc1S(N)(=O)=O. The Hall–Kier alpha value is -3.11. The van der Waals surface area contributed by atoms with Gasteiger partial charge in [-0.15, -0.1) is 0 Å². The molecule has 9 nitrogen and oxygen atoms in total. The number of primary sulfonamides is 1. The van der Waals surface area contributed by atoms with Crippen molar-refractivity contribution < 1.29 is 27.5 Å². The minimum Gasteiger partial charge on any atom is -0.495 e. The van der Waals surface area contributed by atoms with Crippen LogP contribution in [0.4, 0.5) is 11.4 Å². The third-order valence-electron chi connectivity index (χ3n) is 4.39. The van der Waals surface area contributed by atoms with Crippen molar-refractivity contribution >= 4 is 33.2 Å². The molecule has 0 radical (unpaired) electrons. The number of ether oxygens (including phenoxy) is 2. The van der Waals surface area contributed by atoms with Gasteiger partial charge in [0.25, 0.3) is 5.91 Å². The van der Waals surface area contributed by atoms with E-state index in [2.05, 4.69) is 5.32 Å². The summed E-state index contributed by atoms with van der Waals surface area (Å²) in [6.07, 6.45) is -0.643. The zero-order valence-electron chi connectivity index (χ0n) is 15.9. The molecule has 0 aliphatic carbocycles. The first-order valence-electron chi connectivity index (χ1n) is 8.78. The lowest BCUT2D eigenvalue weighted by Crippen LogP contribution is -2.45. The van der Waals surface area contributed by atoms with Gasteiger partial charge in [-0.1, -0.05) is 12.1 Å². The Morgan fingerprint density at radius 3 is 2.69 bits per heavy atom. The predicted octanol–water partition coefficient (Wildman–Crippen LogP) is 1.49. The number of amides is 2. The lowest BCUT2D eigenvalue weighted by atomic mass is 10.1. The van der Waals surface area contributed by atoms with E-state index in [-0.39, 0.29) is 41.1 Å². The molecule has 3 rings (SSSR count). The van der Waals surface area contributed by atoms with Crippen LogP contribution in [-0.4, -0.2) is 40.0 Å². The smallest absolute Gasteiger partial charge is 0.267 e. The van der Waals surface area contributed by atoms with Crippen molar-refractivity contribution in [3.63, 3.8) is 0 Å². The fraction of sp³-hybridized carbons (Fsp3) is 0.263. The van der Waals surface area contributed by atoms with Gasteiger partial charge in [-0.3, -0.25) is 9.59 Å². The van der Waals surface area contributed by atoms with Crippen molar-refractivity contribution in [3.8, 4) is 11.5 Å². The van der Waals surface area contributed by atoms with Gasteiger partial charge in [0.1, 0.15) is 16.4 Å². The highest BCUT2D eigenvalue weighted by atomic mass is 32.2. The summed E-state index contributed by atoms with van der Waals surface area (Å²) in [7, 11) is -2.70. The number of para-hydroxylation sites is 2. The maximum absolute atomic E-state index is 12.5. The summed E-state index contributed by atoms with van der Waals surface area (Å²) in [5, 5.41) is 7.80. The molecule has 0 aromatic heterocycles. The second-order valence-corrected chi connectivity index (χ2v) is 7.96. The lowest BCUT2D eigenvalue weighted by Gasteiger charge is -2.32. The average molecular weight is 419 g/mol. The Balaban J connectivity index is 1.72. The number of anilines is 2. The molecule has 0 spiro atoms. The Bertz CT molecular complexity index is 1050. The van der Waals surface area contributed by atoms with E-state index in [4.69, 9.17) is 14.6 Å². The summed E-state index contributed by atoms with van der Waals surface area (Å²) in [5.41, 5.74) is 0.853. The number of nitrogens with one attached hydrogen (secondary N) is 1. The Labute approximate surface area is 168 Å². The molecule has 29 heavy (non-hydrogen) atoms. The Morgan fingerprint density at radius 1 is 1.28 bits per heavy atom. The molecule has 0 saturated carbocycles. The van der Waals surface area contributed by atoms with Gasteiger partial charge in [0.2, 0.25) is 15.9 Å². The van der Waals surface area contributed by atoms with E-state index in [9.17, 15) is 18.0 Å². The first-order chi connectivity index (χ1) is 13.7. The highest BCUT2D eigenvalue weighted by Gasteiger charge is 2.31. The van der Waals surface area contributed by atoms with Crippen molar-refractivity contribution in [1.82, 2.24) is 0 Å². The molecular formula is C19H21N3O6S. The second-order valence-electron chi connectivity index (χ2n) is 6.43. The maximum atomic E-state index is 12.5. The van der Waals surface area contributed by atoms with Crippen molar-refractivity contribution in [3.05, 3.63) is 42.5 Å². The van der Waals surface area contributed by atoms with Crippen LogP contribution in [0.5, 0.6) is 11.5 Å². The zero-order chi connectivity index (χ0) is 21.2. The molecule has 1 aliphatic rings. The summed E-state index contributed by atoms with van der Waals surface area (Å²) in [6, 6.07) is 11.2. The van der Waals surface area contributed by atoms with Crippen LogP contribution in [0.3, 0.4) is 0 Å². The predicted molar refractivity (Wildman–Crippen MR) is 106 cm³/mol. The number of sulfonamides is 1. The van der Waals surface area contributed by atoms with Crippen LogP contribution >= 0.6 is 0 Å². The molecule has 0 saturated heterocycles. The number of rotatable bonds is 6. The van der Waals surface area contributed by atoms with E-state index < -0.39 is 16.1 Å². The summed E-state index contributed by atoms with van der Waals surface area (Å²) in [4.78, 5) is 26.1. The van der Waals surface area contributed by atoms with Gasteiger partial charge in [0, 0.05) is 18.7 Å². The highest BCUT2D eigenvalue weighted by molar-refractivity contribution is 7.89. The first-order valence-corrected chi connectivity index (χ1v) is 10.3. The van der Waals surface area contributed by atoms with Crippen LogP contribution in [0.25, 0.3) is 0 Å². The third-order valence-corrected chi connectivity index (χ3v) is 5.32. The quantitative estimate of drug-likeness (QED) is 0.730. The molecule has 0 fully saturated rings. The van der Waals surface area contributed by atoms with Gasteiger partial charge in [-0.2, -0.15) is 0 Å². The molecule has 10 heteroatoms. The minimum absolute atomic E-state index is 0.00350. The fourth-order valence-corrected chi connectivity index (χ4v) is 3.73. The van der Waals surface area contributed by atoms with E-state index in [0.29, 0.717) is 11.4 Å². The summed E-state index contributed by atoms with van der Waals surface area (Å²) in [6.45, 7) is 1.80. The van der Waals surface area contributed by atoms with Crippen LogP contribution in [0.2, 0.25) is 0 Å². The van der Waals surface area contributed by atoms with Crippen molar-refractivity contribution in [2.24, 2.45) is 5.14 Å². The summed E-state index contributed by atoms with van der Waals surface area (Å²) >= 11 is 0. The normalized spacial score (nSPS) is 16.0. The summed E-state index contributed by atoms with van der Waals surface area (Å²) < 4.78 is 33.9. The molecule has 1 unspecified atom stereocenters. The van der Waals surface area contributed by atoms with Crippen LogP contribution in [0.1, 0.15) is 13.3 Å². The Kier molecular flexibility index (Phi) is 5.76. The molecular weight excluding hydrogens is 398 g/mol. The topological polar surface area (TPSA) is 128 Å². The van der Waals surface area contributed by atoms with Crippen molar-refractivity contribution in [2.45, 2.75) is 24.3 Å². The van der Waals surface area contributed by atoms with E-state index in [0.717, 1.165) is 0 Å². The molecule has 1 heterocycles. The van der Waals surface area contributed by atoms with Gasteiger partial charge in [-0.25, -0.2) is 13.6 Å². The number of hydrogen-bond acceptors (Lipinski definition) is 6. The maximum Gasteiger partial charge on any atom is 0.267 e. The fourth-order valence-electron chi connectivity index (χ4n) is 3.00. The number of fused-ring (bicyclic) bond motifs is 1. The van der Waals surface area contributed by atoms with E-state index in [1.807, 2.05) is 0 Å². The molecule has 2 amide bonds. The van der Waals surface area contributed by atoms with Gasteiger partial charge < -0.3 is 19.7 Å². The number of carbonyl (C=O) groups is 2. The van der Waals surface area contributed by atoms with Crippen molar-refractivity contribution in [2.75, 3.05) is 23.9 Å². The third kappa shape index (κ3) is 4.49. The molecule has 3 N–H and O–H groups in total. The first kappa shape index (κ1) is 20.6. The number of hydrogen-bond donors (Lipinski definition) is 2. The molecule has 154 valence electrons. The van der Waals surface area contributed by atoms with Gasteiger partial charge in [0.05, 0.1) is 12.8 Å². The molecule has 0 bridgehead atoms. The standard InChI is InChI=1S/C19H21N3O6S/c1-12-19(24)22(14-5-3-4-6-15(14)28-12)10-9-18(23)21-13-7-8-16(27-2)17(11-13)29(20,25)26/h3-8,11-12H,9-10H2,1-2H3,(H,21,23)(H2,20,25,26). The van der Waals surface area contributed by atoms with Gasteiger partial charge >= 0.3 is 0 Å². The van der Waals surface area contributed by atoms with E-state index in [1.54, 1.807) is 31.2 Å². The number of benzene rings is 2. The number of nitrogens with two attached hydrogens (primary N) is 1. The van der Waals surface area contributed by atoms with Crippen LogP contribution < -0.4 is 24.8 Å². The Morgan fingerprint density at radius 2 is 2.00 bits per heavy atom. The lowest BCUT2D eigenvalue weighted by molar-refractivity contribution is -0.125. The van der Waals surface area contributed by atoms with Crippen LogP contribution in [0.15, 0.2) is 47.4 Å².